The highest BCUT2D eigenvalue weighted by Gasteiger charge is 2.49. The van der Waals surface area contributed by atoms with Crippen LogP contribution in [0.25, 0.3) is 0 Å². The number of methoxy groups -OCH3 is 1. The molecule has 33 heavy (non-hydrogen) atoms. The molecule has 1 saturated heterocycles. The monoisotopic (exact) mass is 494 g/mol. The van der Waals surface area contributed by atoms with Gasteiger partial charge in [0.25, 0.3) is 0 Å². The van der Waals surface area contributed by atoms with E-state index in [1.807, 2.05) is 0 Å². The molecule has 3 N–H and O–H groups in total. The van der Waals surface area contributed by atoms with Gasteiger partial charge in [-0.05, 0) is 0 Å². The fourth-order valence-corrected chi connectivity index (χ4v) is 4.74. The van der Waals surface area contributed by atoms with E-state index in [4.69, 9.17) is 29.4 Å². The fraction of sp³-hybridized carbons (Fsp3) is 0.737. The maximum absolute atomic E-state index is 11.9. The molecule has 1 heterocycles. The zero-order chi connectivity index (χ0) is 25.3. The van der Waals surface area contributed by atoms with Crippen LogP contribution in [0.1, 0.15) is 27.7 Å². The van der Waals surface area contributed by atoms with Crippen LogP contribution in [0, 0.1) is 0 Å². The number of esters is 4. The highest BCUT2D eigenvalue weighted by Crippen LogP contribution is 2.34. The highest BCUT2D eigenvalue weighted by molar-refractivity contribution is 8.00. The van der Waals surface area contributed by atoms with Crippen LogP contribution in [-0.4, -0.2) is 102 Å². The van der Waals surface area contributed by atoms with Gasteiger partial charge in [0.15, 0.2) is 18.3 Å². The second kappa shape index (κ2) is 13.3. The lowest BCUT2D eigenvalue weighted by molar-refractivity contribution is -0.200. The molecular formula is C19H30N2O11S. The van der Waals surface area contributed by atoms with Gasteiger partial charge in [-0.1, -0.05) is 0 Å². The van der Waals surface area contributed by atoms with E-state index in [1.54, 1.807) is 0 Å². The number of hydrogen-bond donors (Lipinski definition) is 2. The van der Waals surface area contributed by atoms with Gasteiger partial charge in [0.05, 0.1) is 5.37 Å². The van der Waals surface area contributed by atoms with Crippen molar-refractivity contribution in [3.8, 4) is 0 Å². The van der Waals surface area contributed by atoms with Gasteiger partial charge in [0, 0.05) is 40.6 Å². The Kier molecular flexibility index (Phi) is 11.6. The van der Waals surface area contributed by atoms with Crippen molar-refractivity contribution in [1.29, 1.82) is 0 Å². The maximum Gasteiger partial charge on any atom is 0.303 e. The van der Waals surface area contributed by atoms with Crippen molar-refractivity contribution in [2.75, 3.05) is 26.2 Å². The summed E-state index contributed by atoms with van der Waals surface area (Å²) in [6, 6.07) is -0.787. The lowest BCUT2D eigenvalue weighted by Crippen LogP contribution is -2.58. The third-order valence-corrected chi connectivity index (χ3v) is 5.85. The van der Waals surface area contributed by atoms with Crippen molar-refractivity contribution in [1.82, 2.24) is 4.90 Å². The summed E-state index contributed by atoms with van der Waals surface area (Å²) in [6.45, 7) is 3.69. The fourth-order valence-electron chi connectivity index (χ4n) is 3.25. The van der Waals surface area contributed by atoms with Gasteiger partial charge < -0.3 is 34.5 Å². The van der Waals surface area contributed by atoms with Gasteiger partial charge in [-0.3, -0.25) is 28.9 Å². The van der Waals surface area contributed by atoms with Crippen LogP contribution in [0.2, 0.25) is 0 Å². The summed E-state index contributed by atoms with van der Waals surface area (Å²) in [6.07, 6.45) is -6.11. The molecule has 1 aliphatic heterocycles. The first-order valence-corrected chi connectivity index (χ1v) is 10.9. The van der Waals surface area contributed by atoms with E-state index in [0.717, 1.165) is 39.5 Å². The van der Waals surface area contributed by atoms with Gasteiger partial charge in [0.2, 0.25) is 5.91 Å². The van der Waals surface area contributed by atoms with E-state index in [0.29, 0.717) is 0 Å². The van der Waals surface area contributed by atoms with E-state index in [-0.39, 0.29) is 12.5 Å². The van der Waals surface area contributed by atoms with E-state index >= 15 is 0 Å². The molecule has 0 saturated carbocycles. The quantitative estimate of drug-likeness (QED) is 0.237. The van der Waals surface area contributed by atoms with E-state index in [9.17, 15) is 29.1 Å². The predicted octanol–water partition coefficient (Wildman–Crippen LogP) is -1.46. The van der Waals surface area contributed by atoms with Crippen molar-refractivity contribution in [3.63, 3.8) is 0 Å². The number of aliphatic hydroxyl groups is 1. The van der Waals surface area contributed by atoms with Crippen LogP contribution in [0.3, 0.4) is 0 Å². The van der Waals surface area contributed by atoms with Crippen LogP contribution >= 0.6 is 11.8 Å². The van der Waals surface area contributed by atoms with Gasteiger partial charge in [-0.2, -0.15) is 0 Å². The lowest BCUT2D eigenvalue weighted by Gasteiger charge is -2.38. The minimum atomic E-state index is -1.57. The molecule has 0 bridgehead atoms. The third kappa shape index (κ3) is 8.79. The standard InChI is InChI=1S/C19H30N2O11S/c1-9(22)29-6-14(30-10(2)23)16(31-11(3)24)17(32-12(4)25)15(26)19-21(8-28-5)13(7-33-19)18(20)27/h13-17,19,26H,6-8H2,1-5H3,(H2,20,27)/t13-,14+,15-,16-,17+,19-/m0/s1. The number of primary amides is 1. The third-order valence-electron chi connectivity index (χ3n) is 4.45. The van der Waals surface area contributed by atoms with Crippen LogP contribution in [0.15, 0.2) is 0 Å². The molecule has 0 aromatic carbocycles. The van der Waals surface area contributed by atoms with Crippen LogP contribution in [0.4, 0.5) is 0 Å². The highest BCUT2D eigenvalue weighted by atomic mass is 32.2. The van der Waals surface area contributed by atoms with Gasteiger partial charge in [-0.25, -0.2) is 0 Å². The van der Waals surface area contributed by atoms with Crippen molar-refractivity contribution < 1.29 is 52.8 Å². The lowest BCUT2D eigenvalue weighted by atomic mass is 10.0. The molecule has 1 rings (SSSR count). The van der Waals surface area contributed by atoms with Crippen molar-refractivity contribution in [2.45, 2.75) is 63.5 Å². The summed E-state index contributed by atoms with van der Waals surface area (Å²) in [5.41, 5.74) is 5.44. The number of rotatable bonds is 12. The maximum atomic E-state index is 11.9. The first kappa shape index (κ1) is 28.6. The Bertz CT molecular complexity index is 735. The molecular weight excluding hydrogens is 464 g/mol. The van der Waals surface area contributed by atoms with Gasteiger partial charge in [-0.15, -0.1) is 11.8 Å². The first-order chi connectivity index (χ1) is 15.4. The first-order valence-electron chi connectivity index (χ1n) is 9.87. The number of nitrogens with two attached hydrogens (primary N) is 1. The molecule has 0 aromatic rings. The Hall–Kier alpha value is -2.42. The molecule has 0 radical (unpaired) electrons. The number of thioether (sulfide) groups is 1. The summed E-state index contributed by atoms with van der Waals surface area (Å²) in [5, 5.41) is 10.3. The number of nitrogens with zero attached hydrogens (tertiary/aromatic N) is 1. The van der Waals surface area contributed by atoms with Crippen LogP contribution in [0.5, 0.6) is 0 Å². The molecule has 0 aromatic heterocycles. The van der Waals surface area contributed by atoms with Crippen molar-refractivity contribution in [2.24, 2.45) is 5.73 Å². The number of aliphatic hydroxyl groups excluding tert-OH is 1. The molecule has 6 atom stereocenters. The second-order valence-corrected chi connectivity index (χ2v) is 8.31. The topological polar surface area (TPSA) is 181 Å². The number of carbonyl (C=O) groups is 5. The smallest absolute Gasteiger partial charge is 0.303 e. The van der Waals surface area contributed by atoms with Crippen LogP contribution < -0.4 is 5.73 Å². The molecule has 1 aliphatic rings. The summed E-state index contributed by atoms with van der Waals surface area (Å²) >= 11 is 1.14. The molecule has 0 aliphatic carbocycles. The summed E-state index contributed by atoms with van der Waals surface area (Å²) in [5.74, 6) is -3.62. The van der Waals surface area contributed by atoms with Crippen molar-refractivity contribution in [3.05, 3.63) is 0 Å². The zero-order valence-electron chi connectivity index (χ0n) is 19.0. The molecule has 188 valence electrons. The van der Waals surface area contributed by atoms with Crippen molar-refractivity contribution >= 4 is 41.5 Å². The summed E-state index contributed by atoms with van der Waals surface area (Å²) in [4.78, 5) is 60.0. The minimum Gasteiger partial charge on any atom is -0.462 e. The van der Waals surface area contributed by atoms with E-state index in [1.165, 1.54) is 12.0 Å². The average molecular weight is 495 g/mol. The molecule has 1 fully saturated rings. The minimum absolute atomic E-state index is 0.0891. The molecule has 13 nitrogen and oxygen atoms in total. The van der Waals surface area contributed by atoms with Gasteiger partial charge >= 0.3 is 23.9 Å². The number of amides is 1. The molecule has 0 unspecified atom stereocenters. The average Bonchev–Trinajstić information content (AvgIpc) is 3.11. The number of carbonyl (C=O) groups excluding carboxylic acids is 5. The Morgan fingerprint density at radius 1 is 0.970 bits per heavy atom. The molecule has 0 spiro atoms. The Labute approximate surface area is 195 Å². The largest absolute Gasteiger partial charge is 0.462 e. The van der Waals surface area contributed by atoms with E-state index < -0.39 is 72.2 Å². The van der Waals surface area contributed by atoms with E-state index in [2.05, 4.69) is 0 Å². The van der Waals surface area contributed by atoms with Crippen LogP contribution in [-0.2, 0) is 47.7 Å². The molecule has 1 amide bonds. The Morgan fingerprint density at radius 3 is 1.97 bits per heavy atom. The second-order valence-electron chi connectivity index (χ2n) is 7.16. The molecule has 14 heteroatoms. The number of hydrogen-bond acceptors (Lipinski definition) is 13. The summed E-state index contributed by atoms with van der Waals surface area (Å²) in [7, 11) is 1.38. The Balaban J connectivity index is 3.39. The Morgan fingerprint density at radius 2 is 1.52 bits per heavy atom. The zero-order valence-corrected chi connectivity index (χ0v) is 19.9. The normalized spacial score (nSPS) is 21.9. The SMILES string of the molecule is COCN1[C@H](C(N)=O)CS[C@H]1[C@@H](O)[C@@H](OC(C)=O)[C@@H](OC(C)=O)[C@@H](COC(C)=O)OC(C)=O. The predicted molar refractivity (Wildman–Crippen MR) is 112 cm³/mol. The number of ether oxygens (including phenoxy) is 5. The summed E-state index contributed by atoms with van der Waals surface area (Å²) < 4.78 is 25.7. The van der Waals surface area contributed by atoms with Gasteiger partial charge in [0.1, 0.15) is 25.5 Å².